The molecule has 0 bridgehead atoms. The molecule has 0 aliphatic carbocycles. The largest absolute Gasteiger partial charge is 0.489 e. The SMILES string of the molecule is C=C(CN1CCC(Oc2ccccc2Cl)CC1)C(=O)O. The van der Waals surface area contributed by atoms with E-state index < -0.39 is 5.97 Å². The number of benzene rings is 1. The van der Waals surface area contributed by atoms with Crippen molar-refractivity contribution in [2.24, 2.45) is 0 Å². The van der Waals surface area contributed by atoms with Gasteiger partial charge in [-0.3, -0.25) is 4.90 Å². The lowest BCUT2D eigenvalue weighted by Crippen LogP contribution is -2.39. The number of ether oxygens (including phenoxy) is 1. The van der Waals surface area contributed by atoms with E-state index in [1.807, 2.05) is 24.3 Å². The molecular weight excluding hydrogens is 278 g/mol. The lowest BCUT2D eigenvalue weighted by atomic mass is 10.1. The molecule has 0 unspecified atom stereocenters. The van der Waals surface area contributed by atoms with E-state index >= 15 is 0 Å². The van der Waals surface area contributed by atoms with Gasteiger partial charge in [-0.25, -0.2) is 4.79 Å². The zero-order valence-electron chi connectivity index (χ0n) is 11.2. The highest BCUT2D eigenvalue weighted by molar-refractivity contribution is 6.32. The van der Waals surface area contributed by atoms with Crippen molar-refractivity contribution in [2.75, 3.05) is 19.6 Å². The average Bonchev–Trinajstić information content (AvgIpc) is 2.43. The minimum Gasteiger partial charge on any atom is -0.489 e. The van der Waals surface area contributed by atoms with Crippen molar-refractivity contribution < 1.29 is 14.6 Å². The van der Waals surface area contributed by atoms with Gasteiger partial charge in [-0.1, -0.05) is 30.3 Å². The summed E-state index contributed by atoms with van der Waals surface area (Å²) in [6.07, 6.45) is 1.85. The van der Waals surface area contributed by atoms with Crippen LogP contribution in [-0.2, 0) is 4.79 Å². The Kier molecular flexibility index (Phi) is 5.04. The number of carboxylic acid groups (broad SMARTS) is 1. The number of carbonyl (C=O) groups is 1. The van der Waals surface area contributed by atoms with E-state index in [0.717, 1.165) is 25.9 Å². The van der Waals surface area contributed by atoms with Gasteiger partial charge in [0, 0.05) is 25.2 Å². The van der Waals surface area contributed by atoms with Crippen LogP contribution >= 0.6 is 11.6 Å². The third-order valence-corrected chi connectivity index (χ3v) is 3.69. The van der Waals surface area contributed by atoms with Crippen LogP contribution in [0.25, 0.3) is 0 Å². The number of para-hydroxylation sites is 1. The fourth-order valence-corrected chi connectivity index (χ4v) is 2.42. The maximum atomic E-state index is 10.8. The molecule has 4 nitrogen and oxygen atoms in total. The van der Waals surface area contributed by atoms with E-state index in [1.54, 1.807) is 0 Å². The predicted octanol–water partition coefficient (Wildman–Crippen LogP) is 2.82. The minimum absolute atomic E-state index is 0.129. The highest BCUT2D eigenvalue weighted by Gasteiger charge is 2.22. The van der Waals surface area contributed by atoms with Gasteiger partial charge in [0.1, 0.15) is 11.9 Å². The van der Waals surface area contributed by atoms with Gasteiger partial charge in [0.25, 0.3) is 0 Å². The van der Waals surface area contributed by atoms with Crippen molar-refractivity contribution in [3.63, 3.8) is 0 Å². The summed E-state index contributed by atoms with van der Waals surface area (Å²) in [6, 6.07) is 7.44. The Morgan fingerprint density at radius 2 is 2.05 bits per heavy atom. The maximum absolute atomic E-state index is 10.8. The zero-order valence-corrected chi connectivity index (χ0v) is 12.0. The van der Waals surface area contributed by atoms with Gasteiger partial charge >= 0.3 is 5.97 Å². The second-order valence-corrected chi connectivity index (χ2v) is 5.34. The summed E-state index contributed by atoms with van der Waals surface area (Å²) in [5.41, 5.74) is 0.232. The van der Waals surface area contributed by atoms with Crippen LogP contribution in [0.15, 0.2) is 36.4 Å². The van der Waals surface area contributed by atoms with Crippen molar-refractivity contribution in [3.05, 3.63) is 41.4 Å². The maximum Gasteiger partial charge on any atom is 0.332 e. The molecule has 0 atom stereocenters. The molecule has 20 heavy (non-hydrogen) atoms. The molecule has 1 aromatic rings. The van der Waals surface area contributed by atoms with E-state index in [-0.39, 0.29) is 11.7 Å². The van der Waals surface area contributed by atoms with E-state index in [0.29, 0.717) is 17.3 Å². The third-order valence-electron chi connectivity index (χ3n) is 3.38. The molecule has 0 aromatic heterocycles. The van der Waals surface area contributed by atoms with Crippen LogP contribution in [0.5, 0.6) is 5.75 Å². The Morgan fingerprint density at radius 3 is 2.65 bits per heavy atom. The fourth-order valence-electron chi connectivity index (χ4n) is 2.24. The van der Waals surface area contributed by atoms with Crippen molar-refractivity contribution in [2.45, 2.75) is 18.9 Å². The number of carboxylic acids is 1. The molecule has 1 aliphatic heterocycles. The van der Waals surface area contributed by atoms with Gasteiger partial charge in [-0.15, -0.1) is 0 Å². The predicted molar refractivity (Wildman–Crippen MR) is 78.3 cm³/mol. The summed E-state index contributed by atoms with van der Waals surface area (Å²) < 4.78 is 5.89. The first-order valence-electron chi connectivity index (χ1n) is 6.61. The molecule has 1 saturated heterocycles. The summed E-state index contributed by atoms with van der Waals surface area (Å²) in [6.45, 7) is 5.58. The van der Waals surface area contributed by atoms with Gasteiger partial charge in [-0.05, 0) is 25.0 Å². The van der Waals surface area contributed by atoms with Crippen LogP contribution in [-0.4, -0.2) is 41.7 Å². The smallest absolute Gasteiger partial charge is 0.332 e. The van der Waals surface area contributed by atoms with Crippen molar-refractivity contribution in [3.8, 4) is 5.75 Å². The van der Waals surface area contributed by atoms with Gasteiger partial charge in [-0.2, -0.15) is 0 Å². The number of hydrogen-bond donors (Lipinski definition) is 1. The second-order valence-electron chi connectivity index (χ2n) is 4.93. The number of piperidine rings is 1. The summed E-state index contributed by atoms with van der Waals surface area (Å²) in [4.78, 5) is 12.8. The van der Waals surface area contributed by atoms with Gasteiger partial charge in [0.05, 0.1) is 5.02 Å². The number of aliphatic carboxylic acids is 1. The molecule has 1 aromatic carbocycles. The number of likely N-dealkylation sites (tertiary alicyclic amines) is 1. The molecule has 5 heteroatoms. The molecule has 0 amide bonds. The van der Waals surface area contributed by atoms with Crippen LogP contribution in [0.4, 0.5) is 0 Å². The van der Waals surface area contributed by atoms with Gasteiger partial charge < -0.3 is 9.84 Å². The highest BCUT2D eigenvalue weighted by Crippen LogP contribution is 2.26. The molecule has 1 aliphatic rings. The Labute approximate surface area is 123 Å². The standard InChI is InChI=1S/C15H18ClNO3/c1-11(15(18)19)10-17-8-6-12(7-9-17)20-14-5-3-2-4-13(14)16/h2-5,12H,1,6-10H2,(H,18,19). The van der Waals surface area contributed by atoms with Crippen LogP contribution in [0.2, 0.25) is 5.02 Å². The Hall–Kier alpha value is -1.52. The third kappa shape index (κ3) is 3.99. The zero-order chi connectivity index (χ0) is 14.5. The average molecular weight is 296 g/mol. The van der Waals surface area contributed by atoms with Crippen LogP contribution in [0, 0.1) is 0 Å². The van der Waals surface area contributed by atoms with Crippen molar-refractivity contribution >= 4 is 17.6 Å². The highest BCUT2D eigenvalue weighted by atomic mass is 35.5. The molecule has 1 N–H and O–H groups in total. The van der Waals surface area contributed by atoms with E-state index in [9.17, 15) is 4.79 Å². The van der Waals surface area contributed by atoms with Crippen molar-refractivity contribution in [1.82, 2.24) is 4.90 Å². The fraction of sp³-hybridized carbons (Fsp3) is 0.400. The summed E-state index contributed by atoms with van der Waals surface area (Å²) >= 11 is 6.06. The minimum atomic E-state index is -0.931. The number of halogens is 1. The topological polar surface area (TPSA) is 49.8 Å². The van der Waals surface area contributed by atoms with Crippen LogP contribution < -0.4 is 4.74 Å². The Morgan fingerprint density at radius 1 is 1.40 bits per heavy atom. The Bertz CT molecular complexity index is 496. The number of nitrogens with zero attached hydrogens (tertiary/aromatic N) is 1. The number of hydrogen-bond acceptors (Lipinski definition) is 3. The van der Waals surface area contributed by atoms with Crippen LogP contribution in [0.1, 0.15) is 12.8 Å². The molecule has 108 valence electrons. The summed E-state index contributed by atoms with van der Waals surface area (Å²) in [7, 11) is 0. The monoisotopic (exact) mass is 295 g/mol. The number of rotatable bonds is 5. The summed E-state index contributed by atoms with van der Waals surface area (Å²) in [5.74, 6) is -0.220. The molecule has 0 spiro atoms. The molecule has 2 rings (SSSR count). The van der Waals surface area contributed by atoms with E-state index in [2.05, 4.69) is 11.5 Å². The second kappa shape index (κ2) is 6.77. The molecule has 0 saturated carbocycles. The quantitative estimate of drug-likeness (QED) is 0.849. The molecule has 1 fully saturated rings. The first kappa shape index (κ1) is 14.9. The molecule has 1 heterocycles. The molecule has 0 radical (unpaired) electrons. The lowest BCUT2D eigenvalue weighted by molar-refractivity contribution is -0.132. The van der Waals surface area contributed by atoms with E-state index in [1.165, 1.54) is 0 Å². The van der Waals surface area contributed by atoms with Gasteiger partial charge in [0.2, 0.25) is 0 Å². The normalized spacial score (nSPS) is 16.9. The lowest BCUT2D eigenvalue weighted by Gasteiger charge is -2.32. The first-order valence-corrected chi connectivity index (χ1v) is 6.98. The van der Waals surface area contributed by atoms with Crippen LogP contribution in [0.3, 0.4) is 0 Å². The van der Waals surface area contributed by atoms with E-state index in [4.69, 9.17) is 21.4 Å². The molecular formula is C15H18ClNO3. The first-order chi connectivity index (χ1) is 9.56. The Balaban J connectivity index is 1.81. The van der Waals surface area contributed by atoms with Gasteiger partial charge in [0.15, 0.2) is 0 Å². The van der Waals surface area contributed by atoms with Crippen molar-refractivity contribution in [1.29, 1.82) is 0 Å². The summed E-state index contributed by atoms with van der Waals surface area (Å²) in [5, 5.41) is 9.44.